The third-order valence-electron chi connectivity index (χ3n) is 1.64. The fourth-order valence-corrected chi connectivity index (χ4v) is 0.912. The van der Waals surface area contributed by atoms with Gasteiger partial charge in [-0.15, -0.1) is 0 Å². The van der Waals surface area contributed by atoms with Gasteiger partial charge >= 0.3 is 0 Å². The highest BCUT2D eigenvalue weighted by atomic mass is 16.5. The first kappa shape index (κ1) is 9.50. The molecule has 1 rings (SSSR count). The molecule has 0 saturated carbocycles. The zero-order valence-electron chi connectivity index (χ0n) is 7.07. The lowest BCUT2D eigenvalue weighted by molar-refractivity contribution is 0.310. The van der Waals surface area contributed by atoms with E-state index in [0.29, 0.717) is 17.3 Å². The molecule has 1 aromatic carbocycles. The molecule has 0 saturated heterocycles. The van der Waals surface area contributed by atoms with Crippen molar-refractivity contribution in [1.29, 1.82) is 5.41 Å². The van der Waals surface area contributed by atoms with Crippen molar-refractivity contribution >= 4 is 11.6 Å². The van der Waals surface area contributed by atoms with Crippen molar-refractivity contribution in [3.63, 3.8) is 0 Å². The van der Waals surface area contributed by atoms with Crippen LogP contribution in [-0.2, 0) is 6.54 Å². The van der Waals surface area contributed by atoms with Gasteiger partial charge < -0.3 is 11.5 Å². The molecule has 0 bridgehead atoms. The number of nitrogens with one attached hydrogen (secondary N) is 1. The highest BCUT2D eigenvalue weighted by Crippen LogP contribution is 2.12. The number of rotatable bonds is 2. The van der Waals surface area contributed by atoms with E-state index in [0.717, 1.165) is 5.56 Å². The molecule has 0 aliphatic rings. The average Bonchev–Trinajstić information content (AvgIpc) is 2.17. The molecule has 0 unspecified atom stereocenters. The van der Waals surface area contributed by atoms with Crippen LogP contribution in [0.2, 0.25) is 0 Å². The molecule has 0 fully saturated rings. The third-order valence-corrected chi connectivity index (χ3v) is 1.64. The summed E-state index contributed by atoms with van der Waals surface area (Å²) in [6, 6.07) is 6.82. The summed E-state index contributed by atoms with van der Waals surface area (Å²) in [4.78, 5) is 0. The van der Waals surface area contributed by atoms with E-state index in [1.165, 1.54) is 0 Å². The molecule has 0 heterocycles. The van der Waals surface area contributed by atoms with Crippen LogP contribution in [0.3, 0.4) is 0 Å². The van der Waals surface area contributed by atoms with Gasteiger partial charge in [0.25, 0.3) is 0 Å². The van der Waals surface area contributed by atoms with E-state index in [2.05, 4.69) is 0 Å². The van der Waals surface area contributed by atoms with Gasteiger partial charge in [-0.2, -0.15) is 5.06 Å². The summed E-state index contributed by atoms with van der Waals surface area (Å²) in [7, 11) is 0. The van der Waals surface area contributed by atoms with Gasteiger partial charge in [0.1, 0.15) is 0 Å². The number of anilines is 1. The summed E-state index contributed by atoms with van der Waals surface area (Å²) in [5, 5.41) is 16.8. The fraction of sp³-hybridized carbons (Fsp3) is 0.125. The Morgan fingerprint density at radius 2 is 1.92 bits per heavy atom. The van der Waals surface area contributed by atoms with Crippen LogP contribution in [0.25, 0.3) is 0 Å². The van der Waals surface area contributed by atoms with Crippen molar-refractivity contribution in [2.45, 2.75) is 6.54 Å². The van der Waals surface area contributed by atoms with Gasteiger partial charge in [0.15, 0.2) is 0 Å². The standard InChI is InChI=1S/C8H12N4O/c9-5-6-1-3-7(4-2-6)12(13)8(10)11/h1-4,13H,5,9H2,(H3,10,11). The van der Waals surface area contributed by atoms with Crippen LogP contribution < -0.4 is 16.5 Å². The van der Waals surface area contributed by atoms with E-state index in [1.807, 2.05) is 0 Å². The molecule has 5 heteroatoms. The van der Waals surface area contributed by atoms with Crippen molar-refractivity contribution in [3.8, 4) is 0 Å². The Morgan fingerprint density at radius 3 is 2.31 bits per heavy atom. The SMILES string of the molecule is N=C(N)N(O)c1ccc(CN)cc1. The Hall–Kier alpha value is -1.59. The molecule has 0 radical (unpaired) electrons. The predicted molar refractivity (Wildman–Crippen MR) is 50.5 cm³/mol. The second-order valence-corrected chi connectivity index (χ2v) is 2.57. The number of benzene rings is 1. The first-order valence-corrected chi connectivity index (χ1v) is 3.77. The lowest BCUT2D eigenvalue weighted by Crippen LogP contribution is -2.33. The first-order valence-electron chi connectivity index (χ1n) is 3.77. The third kappa shape index (κ3) is 2.17. The Bertz CT molecular complexity index is 296. The molecule has 0 amide bonds. The summed E-state index contributed by atoms with van der Waals surface area (Å²) in [5.74, 6) is -0.416. The maximum Gasteiger partial charge on any atom is 0.217 e. The number of nitrogens with zero attached hydrogens (tertiary/aromatic N) is 1. The molecule has 0 aliphatic heterocycles. The van der Waals surface area contributed by atoms with Gasteiger partial charge in [0.05, 0.1) is 5.69 Å². The highest BCUT2D eigenvalue weighted by Gasteiger charge is 2.04. The minimum Gasteiger partial charge on any atom is -0.368 e. The topological polar surface area (TPSA) is 99.4 Å². The molecule has 13 heavy (non-hydrogen) atoms. The van der Waals surface area contributed by atoms with Gasteiger partial charge in [-0.3, -0.25) is 10.6 Å². The zero-order chi connectivity index (χ0) is 9.84. The second-order valence-electron chi connectivity index (χ2n) is 2.57. The van der Waals surface area contributed by atoms with Crippen molar-refractivity contribution in [3.05, 3.63) is 29.8 Å². The molecule has 0 spiro atoms. The molecule has 5 nitrogen and oxygen atoms in total. The van der Waals surface area contributed by atoms with Gasteiger partial charge in [-0.05, 0) is 17.7 Å². The molecule has 70 valence electrons. The van der Waals surface area contributed by atoms with Crippen LogP contribution in [0.1, 0.15) is 5.56 Å². The van der Waals surface area contributed by atoms with Crippen LogP contribution in [0, 0.1) is 5.41 Å². The lowest BCUT2D eigenvalue weighted by Gasteiger charge is -2.13. The quantitative estimate of drug-likeness (QED) is 0.297. The van der Waals surface area contributed by atoms with E-state index < -0.39 is 5.96 Å². The molecule has 0 atom stereocenters. The Labute approximate surface area is 76.0 Å². The minimum atomic E-state index is -0.416. The zero-order valence-corrected chi connectivity index (χ0v) is 7.07. The van der Waals surface area contributed by atoms with Gasteiger partial charge in [0, 0.05) is 6.54 Å². The smallest absolute Gasteiger partial charge is 0.217 e. The van der Waals surface area contributed by atoms with Gasteiger partial charge in [0.2, 0.25) is 5.96 Å². The normalized spacial score (nSPS) is 9.69. The van der Waals surface area contributed by atoms with Crippen LogP contribution in [0.5, 0.6) is 0 Å². The fourth-order valence-electron chi connectivity index (χ4n) is 0.912. The lowest BCUT2D eigenvalue weighted by atomic mass is 10.2. The van der Waals surface area contributed by atoms with Crippen LogP contribution in [-0.4, -0.2) is 11.2 Å². The summed E-state index contributed by atoms with van der Waals surface area (Å²) in [6.45, 7) is 0.450. The van der Waals surface area contributed by atoms with Crippen molar-refractivity contribution in [1.82, 2.24) is 0 Å². The number of nitrogens with two attached hydrogens (primary N) is 2. The largest absolute Gasteiger partial charge is 0.368 e. The van der Waals surface area contributed by atoms with E-state index in [9.17, 15) is 5.21 Å². The molecular formula is C8H12N4O. The minimum absolute atomic E-state index is 0.416. The monoisotopic (exact) mass is 180 g/mol. The highest BCUT2D eigenvalue weighted by molar-refractivity contribution is 5.89. The average molecular weight is 180 g/mol. The number of hydrogen-bond acceptors (Lipinski definition) is 3. The molecular weight excluding hydrogens is 168 g/mol. The van der Waals surface area contributed by atoms with Crippen LogP contribution in [0.4, 0.5) is 5.69 Å². The van der Waals surface area contributed by atoms with E-state index >= 15 is 0 Å². The van der Waals surface area contributed by atoms with E-state index in [4.69, 9.17) is 16.9 Å². The Balaban J connectivity index is 2.85. The van der Waals surface area contributed by atoms with Crippen LogP contribution >= 0.6 is 0 Å². The van der Waals surface area contributed by atoms with Crippen molar-refractivity contribution in [2.24, 2.45) is 11.5 Å². The summed E-state index contributed by atoms with van der Waals surface area (Å²) in [5.41, 5.74) is 11.9. The Morgan fingerprint density at radius 1 is 1.38 bits per heavy atom. The van der Waals surface area contributed by atoms with E-state index in [1.54, 1.807) is 24.3 Å². The first-order chi connectivity index (χ1) is 6.15. The van der Waals surface area contributed by atoms with Gasteiger partial charge in [-0.25, -0.2) is 0 Å². The predicted octanol–water partition coefficient (Wildman–Crippen LogP) is 0.234. The maximum absolute atomic E-state index is 9.21. The van der Waals surface area contributed by atoms with Crippen molar-refractivity contribution in [2.75, 3.05) is 5.06 Å². The number of hydroxylamine groups is 1. The molecule has 1 aromatic rings. The summed E-state index contributed by atoms with van der Waals surface area (Å²) >= 11 is 0. The van der Waals surface area contributed by atoms with Gasteiger partial charge in [-0.1, -0.05) is 12.1 Å². The number of hydrogen-bond donors (Lipinski definition) is 4. The van der Waals surface area contributed by atoms with E-state index in [-0.39, 0.29) is 0 Å². The van der Waals surface area contributed by atoms with Crippen LogP contribution in [0.15, 0.2) is 24.3 Å². The maximum atomic E-state index is 9.21. The molecule has 0 aliphatic carbocycles. The second kappa shape index (κ2) is 3.88. The molecule has 6 N–H and O–H groups in total. The summed E-state index contributed by atoms with van der Waals surface area (Å²) < 4.78 is 0. The Kier molecular flexibility index (Phi) is 2.84. The van der Waals surface area contributed by atoms with Crippen molar-refractivity contribution < 1.29 is 5.21 Å². The summed E-state index contributed by atoms with van der Waals surface area (Å²) in [6.07, 6.45) is 0. The molecule has 0 aromatic heterocycles. The number of guanidine groups is 1.